The van der Waals surface area contributed by atoms with E-state index in [1.165, 1.54) is 4.40 Å². The minimum absolute atomic E-state index is 0.127. The Morgan fingerprint density at radius 3 is 2.65 bits per heavy atom. The first-order valence-corrected chi connectivity index (χ1v) is 7.79. The maximum atomic E-state index is 12.9. The molecule has 2 N–H and O–H groups in total. The van der Waals surface area contributed by atoms with Crippen LogP contribution in [0.25, 0.3) is 16.7 Å². The van der Waals surface area contributed by atoms with E-state index in [0.29, 0.717) is 17.6 Å². The Balaban J connectivity index is 2.50. The first kappa shape index (κ1) is 15.2. The van der Waals surface area contributed by atoms with Gasteiger partial charge in [-0.1, -0.05) is 13.3 Å². The predicted octanol–water partition coefficient (Wildman–Crippen LogP) is 3.32. The number of imidazole rings is 1. The van der Waals surface area contributed by atoms with E-state index >= 15 is 0 Å². The Bertz CT molecular complexity index is 1020. The average Bonchev–Trinajstić information content (AvgIpc) is 2.86. The minimum Gasteiger partial charge on any atom is -0.506 e. The zero-order valence-corrected chi connectivity index (χ0v) is 13.5. The van der Waals surface area contributed by atoms with Gasteiger partial charge in [-0.15, -0.1) is 0 Å². The van der Waals surface area contributed by atoms with Crippen LogP contribution in [-0.2, 0) is 6.42 Å². The highest BCUT2D eigenvalue weighted by Crippen LogP contribution is 2.28. The third kappa shape index (κ3) is 2.18. The molecule has 0 fully saturated rings. The van der Waals surface area contributed by atoms with Crippen molar-refractivity contribution in [3.05, 3.63) is 44.7 Å². The fourth-order valence-electron chi connectivity index (χ4n) is 2.96. The third-order valence-electron chi connectivity index (χ3n) is 4.44. The fourth-order valence-corrected chi connectivity index (χ4v) is 2.96. The van der Waals surface area contributed by atoms with E-state index < -0.39 is 0 Å². The van der Waals surface area contributed by atoms with Crippen LogP contribution < -0.4 is 5.56 Å². The van der Waals surface area contributed by atoms with Crippen molar-refractivity contribution in [2.45, 2.75) is 40.0 Å². The molecule has 5 nitrogen and oxygen atoms in total. The number of pyridine rings is 1. The number of nitriles is 1. The minimum atomic E-state index is -0.251. The number of nitrogens with one attached hydrogen (secondary N) is 1. The number of unbranched alkanes of at least 4 members (excludes halogenated alkanes) is 1. The highest BCUT2D eigenvalue weighted by Gasteiger charge is 2.20. The molecule has 3 aromatic rings. The van der Waals surface area contributed by atoms with Crippen LogP contribution in [0.2, 0.25) is 0 Å². The maximum Gasteiger partial charge on any atom is 0.263 e. The van der Waals surface area contributed by atoms with Crippen molar-refractivity contribution in [3.8, 4) is 11.8 Å². The van der Waals surface area contributed by atoms with E-state index in [9.17, 15) is 15.2 Å². The van der Waals surface area contributed by atoms with Gasteiger partial charge in [-0.25, -0.2) is 0 Å². The molecule has 2 heterocycles. The normalized spacial score (nSPS) is 11.2. The van der Waals surface area contributed by atoms with Crippen molar-refractivity contribution in [1.82, 2.24) is 9.38 Å². The summed E-state index contributed by atoms with van der Waals surface area (Å²) in [5, 5.41) is 19.8. The summed E-state index contributed by atoms with van der Waals surface area (Å²) in [5.41, 5.74) is 4.26. The van der Waals surface area contributed by atoms with Crippen LogP contribution >= 0.6 is 0 Å². The molecule has 0 atom stereocenters. The number of aromatic nitrogens is 2. The third-order valence-corrected chi connectivity index (χ3v) is 4.44. The molecule has 0 spiro atoms. The number of hydrogen-bond acceptors (Lipinski definition) is 3. The molecular weight excluding hydrogens is 290 g/mol. The number of aromatic amines is 1. The summed E-state index contributed by atoms with van der Waals surface area (Å²) < 4.78 is 1.52. The molecule has 0 amide bonds. The summed E-state index contributed by atoms with van der Waals surface area (Å²) in [6.07, 6.45) is 2.17. The molecule has 3 rings (SSSR count). The van der Waals surface area contributed by atoms with E-state index in [0.717, 1.165) is 35.0 Å². The van der Waals surface area contributed by atoms with Gasteiger partial charge in [-0.05, 0) is 49.9 Å². The van der Waals surface area contributed by atoms with Gasteiger partial charge in [0.25, 0.3) is 5.56 Å². The van der Waals surface area contributed by atoms with Crippen molar-refractivity contribution in [2.24, 2.45) is 0 Å². The van der Waals surface area contributed by atoms with E-state index in [2.05, 4.69) is 4.98 Å². The summed E-state index contributed by atoms with van der Waals surface area (Å²) in [6, 6.07) is 5.93. The number of nitrogens with zero attached hydrogens (tertiary/aromatic N) is 2. The Morgan fingerprint density at radius 1 is 1.30 bits per heavy atom. The summed E-state index contributed by atoms with van der Waals surface area (Å²) in [6.45, 7) is 6.01. The average molecular weight is 309 g/mol. The molecule has 0 unspecified atom stereocenters. The molecule has 118 valence electrons. The second-order valence-electron chi connectivity index (χ2n) is 5.99. The molecule has 0 bridgehead atoms. The van der Waals surface area contributed by atoms with Gasteiger partial charge in [0.15, 0.2) is 0 Å². The second-order valence-corrected chi connectivity index (χ2v) is 5.99. The van der Waals surface area contributed by atoms with E-state index in [1.54, 1.807) is 0 Å². The molecule has 0 saturated heterocycles. The first-order chi connectivity index (χ1) is 11.0. The lowest BCUT2D eigenvalue weighted by molar-refractivity contribution is 0.463. The molecule has 0 saturated carbocycles. The summed E-state index contributed by atoms with van der Waals surface area (Å²) in [4.78, 5) is 16.0. The van der Waals surface area contributed by atoms with E-state index in [-0.39, 0.29) is 16.9 Å². The molecular formula is C18H19N3O2. The van der Waals surface area contributed by atoms with Crippen molar-refractivity contribution in [3.63, 3.8) is 0 Å². The smallest absolute Gasteiger partial charge is 0.263 e. The zero-order chi connectivity index (χ0) is 16.7. The molecule has 0 aliphatic rings. The number of H-pyrrole nitrogens is 1. The van der Waals surface area contributed by atoms with E-state index in [4.69, 9.17) is 0 Å². The highest BCUT2D eigenvalue weighted by atomic mass is 16.3. The fraction of sp³-hybridized carbons (Fsp3) is 0.333. The molecule has 5 heteroatoms. The lowest BCUT2D eigenvalue weighted by atomic mass is 10.1. The topological polar surface area (TPSA) is 81.3 Å². The van der Waals surface area contributed by atoms with Crippen LogP contribution in [0.3, 0.4) is 0 Å². The number of benzene rings is 1. The Hall–Kier alpha value is -2.74. The molecule has 1 aromatic carbocycles. The van der Waals surface area contributed by atoms with Gasteiger partial charge in [-0.3, -0.25) is 9.20 Å². The Kier molecular flexibility index (Phi) is 3.61. The van der Waals surface area contributed by atoms with Gasteiger partial charge in [0.05, 0.1) is 16.6 Å². The van der Waals surface area contributed by atoms with Gasteiger partial charge in [0.2, 0.25) is 0 Å². The SMILES string of the molecule is CCCCc1c(O)c(C#N)c2[nH]c3cc(C)c(C)cc3n2c1=O. The van der Waals surface area contributed by atoms with E-state index in [1.807, 2.05) is 39.0 Å². The number of rotatable bonds is 3. The van der Waals surface area contributed by atoms with Crippen LogP contribution in [0.5, 0.6) is 5.75 Å². The maximum absolute atomic E-state index is 12.9. The van der Waals surface area contributed by atoms with Crippen molar-refractivity contribution in [2.75, 3.05) is 0 Å². The summed E-state index contributed by atoms with van der Waals surface area (Å²) in [5.74, 6) is -0.189. The second kappa shape index (κ2) is 5.47. The van der Waals surface area contributed by atoms with Gasteiger partial charge in [0, 0.05) is 0 Å². The van der Waals surface area contributed by atoms with Crippen molar-refractivity contribution < 1.29 is 5.11 Å². The molecule has 0 radical (unpaired) electrons. The molecule has 0 aliphatic carbocycles. The molecule has 23 heavy (non-hydrogen) atoms. The van der Waals surface area contributed by atoms with Crippen molar-refractivity contribution in [1.29, 1.82) is 5.26 Å². The number of aryl methyl sites for hydroxylation is 2. The number of fused-ring (bicyclic) bond motifs is 3. The van der Waals surface area contributed by atoms with Gasteiger partial charge in [0.1, 0.15) is 23.0 Å². The van der Waals surface area contributed by atoms with Crippen LogP contribution in [0.4, 0.5) is 0 Å². The number of aromatic hydroxyl groups is 1. The van der Waals surface area contributed by atoms with Crippen molar-refractivity contribution >= 4 is 16.7 Å². The zero-order valence-electron chi connectivity index (χ0n) is 13.5. The monoisotopic (exact) mass is 309 g/mol. The Morgan fingerprint density at radius 2 is 2.00 bits per heavy atom. The standard InChI is InChI=1S/C18H19N3O2/c1-4-5-6-12-16(22)13(9-19)17-20-14-7-10(2)11(3)8-15(14)21(17)18(12)23/h7-8,20,22H,4-6H2,1-3H3. The van der Waals surface area contributed by atoms with Crippen LogP contribution in [0.15, 0.2) is 16.9 Å². The van der Waals surface area contributed by atoms with Gasteiger partial charge >= 0.3 is 0 Å². The predicted molar refractivity (Wildman–Crippen MR) is 90.0 cm³/mol. The lowest BCUT2D eigenvalue weighted by Gasteiger charge is -2.07. The Labute approximate surface area is 133 Å². The van der Waals surface area contributed by atoms with Crippen LogP contribution in [-0.4, -0.2) is 14.5 Å². The summed E-state index contributed by atoms with van der Waals surface area (Å²) in [7, 11) is 0. The molecule has 0 aliphatic heterocycles. The summed E-state index contributed by atoms with van der Waals surface area (Å²) >= 11 is 0. The first-order valence-electron chi connectivity index (χ1n) is 7.79. The largest absolute Gasteiger partial charge is 0.506 e. The molecule has 2 aromatic heterocycles. The quantitative estimate of drug-likeness (QED) is 0.778. The number of hydrogen-bond donors (Lipinski definition) is 2. The van der Waals surface area contributed by atoms with Gasteiger partial charge in [-0.2, -0.15) is 5.26 Å². The highest BCUT2D eigenvalue weighted by molar-refractivity contribution is 5.84. The lowest BCUT2D eigenvalue weighted by Crippen LogP contribution is -2.19. The van der Waals surface area contributed by atoms with Crippen LogP contribution in [0.1, 0.15) is 42.0 Å². The van der Waals surface area contributed by atoms with Gasteiger partial charge < -0.3 is 10.1 Å². The van der Waals surface area contributed by atoms with Crippen LogP contribution in [0, 0.1) is 25.2 Å².